The first-order valence-corrected chi connectivity index (χ1v) is 7.51. The number of rotatable bonds is 6. The van der Waals surface area contributed by atoms with Crippen molar-refractivity contribution in [3.63, 3.8) is 0 Å². The molecule has 8 nitrogen and oxygen atoms in total. The van der Waals surface area contributed by atoms with Gasteiger partial charge in [-0.2, -0.15) is 5.10 Å². The second-order valence-corrected chi connectivity index (χ2v) is 5.20. The van der Waals surface area contributed by atoms with Crippen LogP contribution >= 0.6 is 0 Å². The quantitative estimate of drug-likeness (QED) is 0.394. The number of aromatic carboxylic acids is 1. The standard InChI is InChI=1S/C18H13N3O5/c22-18(23)13-5-1-3-7-15(13)20-19-11-12-9-10-17(26-12)14-6-2-4-8-16(14)21(24)25/h1-11,20H,(H,22,23)/b19-11+. The number of furan rings is 1. The molecule has 0 saturated carbocycles. The van der Waals surface area contributed by atoms with Crippen molar-refractivity contribution in [2.75, 3.05) is 5.43 Å². The second kappa shape index (κ2) is 7.31. The molecule has 0 unspecified atom stereocenters. The van der Waals surface area contributed by atoms with Crippen molar-refractivity contribution in [1.82, 2.24) is 0 Å². The van der Waals surface area contributed by atoms with Crippen LogP contribution in [-0.2, 0) is 0 Å². The molecule has 0 radical (unpaired) electrons. The first kappa shape index (κ1) is 16.9. The summed E-state index contributed by atoms with van der Waals surface area (Å²) in [5.41, 5.74) is 3.37. The lowest BCUT2D eigenvalue weighted by molar-refractivity contribution is -0.384. The number of carboxylic acids is 1. The molecule has 1 heterocycles. The highest BCUT2D eigenvalue weighted by Gasteiger charge is 2.16. The minimum Gasteiger partial charge on any atom is -0.478 e. The summed E-state index contributed by atoms with van der Waals surface area (Å²) in [7, 11) is 0. The van der Waals surface area contributed by atoms with E-state index in [0.29, 0.717) is 22.8 Å². The second-order valence-electron chi connectivity index (χ2n) is 5.20. The molecule has 0 bridgehead atoms. The molecule has 8 heteroatoms. The highest BCUT2D eigenvalue weighted by molar-refractivity contribution is 5.94. The van der Waals surface area contributed by atoms with Gasteiger partial charge >= 0.3 is 5.97 Å². The van der Waals surface area contributed by atoms with Gasteiger partial charge in [-0.15, -0.1) is 0 Å². The third-order valence-corrected chi connectivity index (χ3v) is 3.53. The van der Waals surface area contributed by atoms with Crippen molar-refractivity contribution in [3.8, 4) is 11.3 Å². The maximum absolute atomic E-state index is 11.1. The van der Waals surface area contributed by atoms with Gasteiger partial charge in [-0.3, -0.25) is 15.5 Å². The van der Waals surface area contributed by atoms with Crippen molar-refractivity contribution in [3.05, 3.63) is 82.1 Å². The van der Waals surface area contributed by atoms with Crippen LogP contribution in [0.3, 0.4) is 0 Å². The Morgan fingerprint density at radius 1 is 1.12 bits per heavy atom. The third-order valence-electron chi connectivity index (χ3n) is 3.53. The van der Waals surface area contributed by atoms with Crippen LogP contribution in [0.1, 0.15) is 16.1 Å². The molecule has 26 heavy (non-hydrogen) atoms. The van der Waals surface area contributed by atoms with Crippen LogP contribution in [-0.4, -0.2) is 22.2 Å². The van der Waals surface area contributed by atoms with Crippen molar-refractivity contribution >= 4 is 23.6 Å². The number of hydrazone groups is 1. The molecule has 0 fully saturated rings. The summed E-state index contributed by atoms with van der Waals surface area (Å²) < 4.78 is 5.57. The number of hydrogen-bond acceptors (Lipinski definition) is 6. The van der Waals surface area contributed by atoms with Crippen molar-refractivity contribution in [1.29, 1.82) is 0 Å². The fourth-order valence-electron chi connectivity index (χ4n) is 2.34. The molecule has 0 aliphatic carbocycles. The maximum atomic E-state index is 11.1. The summed E-state index contributed by atoms with van der Waals surface area (Å²) in [5.74, 6) is -0.372. The number of nitro benzene ring substituents is 1. The van der Waals surface area contributed by atoms with Gasteiger partial charge in [-0.25, -0.2) is 4.79 Å². The molecular formula is C18H13N3O5. The van der Waals surface area contributed by atoms with Crippen molar-refractivity contribution in [2.24, 2.45) is 5.10 Å². The molecule has 0 atom stereocenters. The first-order chi connectivity index (χ1) is 12.6. The van der Waals surface area contributed by atoms with Gasteiger partial charge in [-0.1, -0.05) is 24.3 Å². The van der Waals surface area contributed by atoms with Crippen LogP contribution in [0.25, 0.3) is 11.3 Å². The summed E-state index contributed by atoms with van der Waals surface area (Å²) in [5, 5.41) is 24.2. The third kappa shape index (κ3) is 3.59. The van der Waals surface area contributed by atoms with Crippen molar-refractivity contribution < 1.29 is 19.2 Å². The Kier molecular flexibility index (Phi) is 4.75. The Hall–Kier alpha value is -3.94. The van der Waals surface area contributed by atoms with Crippen molar-refractivity contribution in [2.45, 2.75) is 0 Å². The van der Waals surface area contributed by atoms with E-state index >= 15 is 0 Å². The zero-order valence-electron chi connectivity index (χ0n) is 13.3. The van der Waals surface area contributed by atoms with E-state index in [2.05, 4.69) is 10.5 Å². The number of anilines is 1. The molecule has 2 aromatic carbocycles. The van der Waals surface area contributed by atoms with Gasteiger partial charge < -0.3 is 9.52 Å². The predicted octanol–water partition coefficient (Wildman–Crippen LogP) is 4.00. The monoisotopic (exact) mass is 351 g/mol. The molecule has 2 N–H and O–H groups in total. The van der Waals surface area contributed by atoms with Gasteiger partial charge in [0.25, 0.3) is 5.69 Å². The van der Waals surface area contributed by atoms with Gasteiger partial charge in [0.05, 0.1) is 28.0 Å². The maximum Gasteiger partial charge on any atom is 0.337 e. The number of nitro groups is 1. The number of para-hydroxylation sites is 2. The normalized spacial score (nSPS) is 10.8. The minimum absolute atomic E-state index is 0.0566. The lowest BCUT2D eigenvalue weighted by atomic mass is 10.1. The number of benzene rings is 2. The van der Waals surface area contributed by atoms with E-state index < -0.39 is 10.9 Å². The summed E-state index contributed by atoms with van der Waals surface area (Å²) in [6.45, 7) is 0. The fourth-order valence-corrected chi connectivity index (χ4v) is 2.34. The summed E-state index contributed by atoms with van der Waals surface area (Å²) in [6.07, 6.45) is 1.36. The Morgan fingerprint density at radius 3 is 2.62 bits per heavy atom. The number of carboxylic acid groups (broad SMARTS) is 1. The van der Waals surface area contributed by atoms with Gasteiger partial charge in [0.15, 0.2) is 0 Å². The van der Waals surface area contributed by atoms with E-state index in [0.717, 1.165) is 0 Å². The van der Waals surface area contributed by atoms with E-state index in [9.17, 15) is 14.9 Å². The predicted molar refractivity (Wildman–Crippen MR) is 95.4 cm³/mol. The SMILES string of the molecule is O=C(O)c1ccccc1N/N=C/c1ccc(-c2ccccc2[N+](=O)[O-])o1. The molecule has 3 aromatic rings. The Bertz CT molecular complexity index is 994. The number of nitrogens with one attached hydrogen (secondary N) is 1. The van der Waals surface area contributed by atoms with Gasteiger partial charge in [0, 0.05) is 6.07 Å². The highest BCUT2D eigenvalue weighted by atomic mass is 16.6. The Morgan fingerprint density at radius 2 is 1.85 bits per heavy atom. The molecule has 0 aliphatic heterocycles. The summed E-state index contributed by atoms with van der Waals surface area (Å²) in [4.78, 5) is 21.8. The number of carbonyl (C=O) groups is 1. The molecule has 0 amide bonds. The average molecular weight is 351 g/mol. The summed E-state index contributed by atoms with van der Waals surface area (Å²) >= 11 is 0. The summed E-state index contributed by atoms with van der Waals surface area (Å²) in [6, 6.07) is 15.8. The Labute approximate surface area is 147 Å². The van der Waals surface area contributed by atoms with Crippen LogP contribution < -0.4 is 5.43 Å². The molecule has 0 aliphatic rings. The van der Waals surface area contributed by atoms with E-state index in [-0.39, 0.29) is 11.3 Å². The topological polar surface area (TPSA) is 118 Å². The number of nitrogens with zero attached hydrogens (tertiary/aromatic N) is 2. The molecule has 0 spiro atoms. The van der Waals surface area contributed by atoms with Gasteiger partial charge in [-0.05, 0) is 30.3 Å². The molecule has 130 valence electrons. The molecule has 3 rings (SSSR count). The van der Waals surface area contributed by atoms with Crippen LogP contribution in [0.15, 0.2) is 70.2 Å². The fraction of sp³-hybridized carbons (Fsp3) is 0. The number of hydrogen-bond donors (Lipinski definition) is 2. The lowest BCUT2D eigenvalue weighted by Gasteiger charge is -2.03. The first-order valence-electron chi connectivity index (χ1n) is 7.51. The lowest BCUT2D eigenvalue weighted by Crippen LogP contribution is -2.01. The molecular weight excluding hydrogens is 338 g/mol. The van der Waals surface area contributed by atoms with Crippen LogP contribution in [0, 0.1) is 10.1 Å². The van der Waals surface area contributed by atoms with Gasteiger partial charge in [0.2, 0.25) is 0 Å². The molecule has 1 aromatic heterocycles. The minimum atomic E-state index is -1.07. The van der Waals surface area contributed by atoms with Crippen LogP contribution in [0.5, 0.6) is 0 Å². The Balaban J connectivity index is 1.79. The van der Waals surface area contributed by atoms with E-state index in [1.165, 1.54) is 18.3 Å². The van der Waals surface area contributed by atoms with E-state index in [1.54, 1.807) is 48.5 Å². The van der Waals surface area contributed by atoms with E-state index in [1.807, 2.05) is 0 Å². The molecule has 0 saturated heterocycles. The average Bonchev–Trinajstić information content (AvgIpc) is 3.10. The van der Waals surface area contributed by atoms with Gasteiger partial charge in [0.1, 0.15) is 11.5 Å². The van der Waals surface area contributed by atoms with E-state index in [4.69, 9.17) is 9.52 Å². The smallest absolute Gasteiger partial charge is 0.337 e. The van der Waals surface area contributed by atoms with Crippen LogP contribution in [0.4, 0.5) is 11.4 Å². The highest BCUT2D eigenvalue weighted by Crippen LogP contribution is 2.30. The zero-order valence-corrected chi connectivity index (χ0v) is 13.3. The largest absolute Gasteiger partial charge is 0.478 e. The van der Waals surface area contributed by atoms with Crippen LogP contribution in [0.2, 0.25) is 0 Å². The zero-order chi connectivity index (χ0) is 18.5.